The van der Waals surface area contributed by atoms with Gasteiger partial charge in [0.05, 0.1) is 11.5 Å². The van der Waals surface area contributed by atoms with Crippen molar-refractivity contribution in [3.63, 3.8) is 0 Å². The molecule has 0 fully saturated rings. The number of H-pyrrole nitrogens is 1. The van der Waals surface area contributed by atoms with Crippen LogP contribution in [0.4, 0.5) is 5.82 Å². The lowest BCUT2D eigenvalue weighted by Gasteiger charge is -2.07. The molecule has 0 unspecified atom stereocenters. The number of aliphatic hydroxyl groups is 1. The average molecular weight is 281 g/mol. The zero-order valence-corrected chi connectivity index (χ0v) is 10.5. The minimum absolute atomic E-state index is 0.0193. The number of aromatic amines is 1. The van der Waals surface area contributed by atoms with Crippen LogP contribution in [0.5, 0.6) is 0 Å². The summed E-state index contributed by atoms with van der Waals surface area (Å²) in [5, 5.41) is 14.6. The van der Waals surface area contributed by atoms with Crippen LogP contribution in [0.3, 0.4) is 0 Å². The fourth-order valence-corrected chi connectivity index (χ4v) is 2.37. The van der Waals surface area contributed by atoms with Crippen molar-refractivity contribution < 1.29 is 13.5 Å². The van der Waals surface area contributed by atoms with Crippen LogP contribution in [0.15, 0.2) is 46.1 Å². The molecule has 0 aliphatic heterocycles. The van der Waals surface area contributed by atoms with Gasteiger partial charge in [0, 0.05) is 6.07 Å². The van der Waals surface area contributed by atoms with Crippen LogP contribution in [0.25, 0.3) is 0 Å². The molecule has 3 N–H and O–H groups in total. The van der Waals surface area contributed by atoms with Crippen LogP contribution in [0.2, 0.25) is 0 Å². The second kappa shape index (κ2) is 5.21. The highest BCUT2D eigenvalue weighted by molar-refractivity contribution is 7.92. The number of benzene rings is 1. The Morgan fingerprint density at radius 2 is 1.84 bits per heavy atom. The van der Waals surface area contributed by atoms with Crippen molar-refractivity contribution in [1.29, 1.82) is 0 Å². The van der Waals surface area contributed by atoms with Crippen LogP contribution >= 0.6 is 0 Å². The summed E-state index contributed by atoms with van der Waals surface area (Å²) in [5.41, 5.74) is 0.191. The predicted octanol–water partition coefficient (Wildman–Crippen LogP) is 0.0630. The molecular formula is C11H11N3O4S. The summed E-state index contributed by atoms with van der Waals surface area (Å²) in [6.45, 7) is -0.158. The van der Waals surface area contributed by atoms with Gasteiger partial charge in [0.25, 0.3) is 15.6 Å². The zero-order chi connectivity index (χ0) is 13.9. The zero-order valence-electron chi connectivity index (χ0n) is 9.70. The highest BCUT2D eigenvalue weighted by atomic mass is 32.2. The van der Waals surface area contributed by atoms with Crippen molar-refractivity contribution in [1.82, 2.24) is 10.2 Å². The molecule has 19 heavy (non-hydrogen) atoms. The van der Waals surface area contributed by atoms with Crippen LogP contribution in [0.1, 0.15) is 5.56 Å². The number of hydrogen-bond acceptors (Lipinski definition) is 5. The Hall–Kier alpha value is -2.19. The Labute approximate surface area is 109 Å². The standard InChI is InChI=1S/C11H11N3O4S/c15-7-8-1-3-9(4-2-8)19(17,18)14-10-5-6-11(16)13-12-10/h1-6,15H,7H2,(H,12,14)(H,13,16). The predicted molar refractivity (Wildman–Crippen MR) is 68.0 cm³/mol. The molecule has 7 nitrogen and oxygen atoms in total. The molecule has 2 rings (SSSR count). The molecule has 0 spiro atoms. The summed E-state index contributed by atoms with van der Waals surface area (Å²) in [6.07, 6.45) is 0. The van der Waals surface area contributed by atoms with Crippen molar-refractivity contribution in [3.8, 4) is 0 Å². The number of rotatable bonds is 4. The molecule has 0 amide bonds. The molecule has 0 saturated carbocycles. The number of anilines is 1. The lowest BCUT2D eigenvalue weighted by Crippen LogP contribution is -2.16. The highest BCUT2D eigenvalue weighted by Crippen LogP contribution is 2.14. The van der Waals surface area contributed by atoms with Crippen LogP contribution < -0.4 is 10.3 Å². The molecule has 0 radical (unpaired) electrons. The second-order valence-electron chi connectivity index (χ2n) is 3.71. The molecule has 1 aromatic carbocycles. The first-order valence-corrected chi connectivity index (χ1v) is 6.78. The van der Waals surface area contributed by atoms with Gasteiger partial charge in [0.15, 0.2) is 5.82 Å². The normalized spacial score (nSPS) is 11.2. The van der Waals surface area contributed by atoms with E-state index in [1.54, 1.807) is 0 Å². The number of nitrogens with one attached hydrogen (secondary N) is 2. The third kappa shape index (κ3) is 3.18. The van der Waals surface area contributed by atoms with Gasteiger partial charge in [-0.1, -0.05) is 12.1 Å². The summed E-state index contributed by atoms with van der Waals surface area (Å²) in [4.78, 5) is 10.8. The van der Waals surface area contributed by atoms with Gasteiger partial charge in [-0.05, 0) is 23.8 Å². The van der Waals surface area contributed by atoms with E-state index in [0.29, 0.717) is 5.56 Å². The lowest BCUT2D eigenvalue weighted by atomic mass is 10.2. The molecule has 1 heterocycles. The van der Waals surface area contributed by atoms with Gasteiger partial charge in [0.2, 0.25) is 0 Å². The van der Waals surface area contributed by atoms with Crippen LogP contribution in [-0.4, -0.2) is 23.7 Å². The van der Waals surface area contributed by atoms with Gasteiger partial charge in [-0.3, -0.25) is 9.52 Å². The molecule has 0 atom stereocenters. The van der Waals surface area contributed by atoms with Crippen LogP contribution in [0, 0.1) is 0 Å². The maximum atomic E-state index is 12.0. The fourth-order valence-electron chi connectivity index (χ4n) is 1.37. The van der Waals surface area contributed by atoms with E-state index in [2.05, 4.69) is 14.9 Å². The highest BCUT2D eigenvalue weighted by Gasteiger charge is 2.14. The van der Waals surface area contributed by atoms with Gasteiger partial charge in [-0.2, -0.15) is 5.10 Å². The Morgan fingerprint density at radius 1 is 1.16 bits per heavy atom. The fraction of sp³-hybridized carbons (Fsp3) is 0.0909. The van der Waals surface area contributed by atoms with Crippen molar-refractivity contribution in [2.24, 2.45) is 0 Å². The minimum Gasteiger partial charge on any atom is -0.392 e. The topological polar surface area (TPSA) is 112 Å². The van der Waals surface area contributed by atoms with Gasteiger partial charge in [0.1, 0.15) is 0 Å². The first-order chi connectivity index (χ1) is 9.01. The van der Waals surface area contributed by atoms with E-state index in [1.807, 2.05) is 0 Å². The first-order valence-electron chi connectivity index (χ1n) is 5.29. The van der Waals surface area contributed by atoms with E-state index in [-0.39, 0.29) is 17.3 Å². The van der Waals surface area contributed by atoms with Crippen molar-refractivity contribution in [2.45, 2.75) is 11.5 Å². The van der Waals surface area contributed by atoms with Crippen molar-refractivity contribution in [2.75, 3.05) is 4.72 Å². The summed E-state index contributed by atoms with van der Waals surface area (Å²) in [7, 11) is -3.77. The maximum absolute atomic E-state index is 12.0. The van der Waals surface area contributed by atoms with Crippen molar-refractivity contribution in [3.05, 3.63) is 52.3 Å². The molecule has 8 heteroatoms. The monoisotopic (exact) mass is 281 g/mol. The third-order valence-corrected chi connectivity index (χ3v) is 3.70. The maximum Gasteiger partial charge on any atom is 0.264 e. The van der Waals surface area contributed by atoms with E-state index in [0.717, 1.165) is 0 Å². The summed E-state index contributed by atoms with van der Waals surface area (Å²) < 4.78 is 26.2. The van der Waals surface area contributed by atoms with Gasteiger partial charge >= 0.3 is 0 Å². The molecule has 1 aromatic heterocycles. The summed E-state index contributed by atoms with van der Waals surface area (Å²) in [6, 6.07) is 8.20. The number of sulfonamides is 1. The van der Waals surface area contributed by atoms with Gasteiger partial charge in [-0.25, -0.2) is 13.5 Å². The van der Waals surface area contributed by atoms with E-state index in [1.165, 1.54) is 36.4 Å². The van der Waals surface area contributed by atoms with Gasteiger partial charge in [-0.15, -0.1) is 0 Å². The quantitative estimate of drug-likeness (QED) is 0.733. The number of nitrogens with zero attached hydrogens (tertiary/aromatic N) is 1. The van der Waals surface area contributed by atoms with Crippen LogP contribution in [-0.2, 0) is 16.6 Å². The molecular weight excluding hydrogens is 270 g/mol. The molecule has 0 bridgehead atoms. The number of hydrogen-bond donors (Lipinski definition) is 3. The number of aliphatic hydroxyl groups excluding tert-OH is 1. The Kier molecular flexibility index (Phi) is 3.63. The Morgan fingerprint density at radius 3 is 2.37 bits per heavy atom. The average Bonchev–Trinajstić information content (AvgIpc) is 2.41. The number of aromatic nitrogens is 2. The lowest BCUT2D eigenvalue weighted by molar-refractivity contribution is 0.282. The smallest absolute Gasteiger partial charge is 0.264 e. The third-order valence-electron chi connectivity index (χ3n) is 2.33. The Bertz CT molecular complexity index is 702. The Balaban J connectivity index is 2.26. The molecule has 0 aliphatic rings. The molecule has 0 aliphatic carbocycles. The summed E-state index contributed by atoms with van der Waals surface area (Å²) >= 11 is 0. The molecule has 0 saturated heterocycles. The van der Waals surface area contributed by atoms with Gasteiger partial charge < -0.3 is 5.11 Å². The second-order valence-corrected chi connectivity index (χ2v) is 5.40. The largest absolute Gasteiger partial charge is 0.392 e. The molecule has 100 valence electrons. The SMILES string of the molecule is O=c1ccc(NS(=O)(=O)c2ccc(CO)cc2)n[nH]1. The summed E-state index contributed by atoms with van der Waals surface area (Å²) in [5.74, 6) is 0.0193. The van der Waals surface area contributed by atoms with E-state index in [4.69, 9.17) is 5.11 Å². The molecule has 2 aromatic rings. The van der Waals surface area contributed by atoms with E-state index >= 15 is 0 Å². The van der Waals surface area contributed by atoms with E-state index in [9.17, 15) is 13.2 Å². The van der Waals surface area contributed by atoms with E-state index < -0.39 is 15.6 Å². The minimum atomic E-state index is -3.77. The first kappa shape index (κ1) is 13.2. The van der Waals surface area contributed by atoms with Crippen molar-refractivity contribution >= 4 is 15.8 Å².